The normalized spacial score (nSPS) is 11.6. The smallest absolute Gasteiger partial charge is 0.315 e. The van der Waals surface area contributed by atoms with Crippen molar-refractivity contribution < 1.29 is 9.53 Å². The summed E-state index contributed by atoms with van der Waals surface area (Å²) in [5, 5.41) is 5.93. The third-order valence-electron chi connectivity index (χ3n) is 4.49. The second kappa shape index (κ2) is 9.60. The highest BCUT2D eigenvalue weighted by Crippen LogP contribution is 2.19. The molecule has 0 saturated carbocycles. The lowest BCUT2D eigenvalue weighted by molar-refractivity contribution is 0.237. The molecule has 1 aromatic heterocycles. The van der Waals surface area contributed by atoms with Crippen molar-refractivity contribution in [3.05, 3.63) is 83.9 Å². The van der Waals surface area contributed by atoms with Crippen molar-refractivity contribution in [2.45, 2.75) is 33.0 Å². The average Bonchev–Trinajstić information content (AvgIpc) is 3.21. The van der Waals surface area contributed by atoms with Gasteiger partial charge in [0.15, 0.2) is 0 Å². The van der Waals surface area contributed by atoms with Crippen molar-refractivity contribution in [3.63, 3.8) is 0 Å². The number of amides is 2. The summed E-state index contributed by atoms with van der Waals surface area (Å²) in [6, 6.07) is 15.5. The molecule has 3 rings (SSSR count). The van der Waals surface area contributed by atoms with Gasteiger partial charge in [-0.2, -0.15) is 0 Å². The van der Waals surface area contributed by atoms with Gasteiger partial charge in [0.2, 0.25) is 0 Å². The van der Waals surface area contributed by atoms with Crippen LogP contribution in [0.25, 0.3) is 0 Å². The lowest BCUT2D eigenvalue weighted by atomic mass is 10.1. The Kier molecular flexibility index (Phi) is 6.68. The van der Waals surface area contributed by atoms with E-state index in [4.69, 9.17) is 4.74 Å². The number of urea groups is 1. The summed E-state index contributed by atoms with van der Waals surface area (Å²) in [6.07, 6.45) is 5.47. The summed E-state index contributed by atoms with van der Waals surface area (Å²) in [5.74, 6) is 0.808. The molecule has 0 aliphatic rings. The van der Waals surface area contributed by atoms with Crippen molar-refractivity contribution in [3.8, 4) is 5.75 Å². The number of nitrogens with one attached hydrogen (secondary N) is 2. The van der Waals surface area contributed by atoms with Crippen molar-refractivity contribution in [1.29, 1.82) is 0 Å². The number of imidazole rings is 1. The van der Waals surface area contributed by atoms with E-state index in [2.05, 4.69) is 21.7 Å². The van der Waals surface area contributed by atoms with Crippen molar-refractivity contribution in [2.24, 2.45) is 0 Å². The second-order valence-electron chi connectivity index (χ2n) is 6.56. The average molecular weight is 378 g/mol. The highest BCUT2D eigenvalue weighted by Gasteiger charge is 2.11. The molecule has 0 fully saturated rings. The van der Waals surface area contributed by atoms with Crippen LogP contribution >= 0.6 is 0 Å². The van der Waals surface area contributed by atoms with E-state index in [9.17, 15) is 4.79 Å². The number of nitrogens with zero attached hydrogens (tertiary/aromatic N) is 2. The summed E-state index contributed by atoms with van der Waals surface area (Å²) >= 11 is 0. The number of carbonyl (C=O) groups is 1. The van der Waals surface area contributed by atoms with Crippen LogP contribution in [0, 0.1) is 0 Å². The maximum Gasteiger partial charge on any atom is 0.315 e. The number of ether oxygens (including phenoxy) is 1. The molecular formula is C22H26N4O2. The number of aromatic nitrogens is 2. The Balaban J connectivity index is 1.56. The van der Waals surface area contributed by atoms with Gasteiger partial charge in [-0.05, 0) is 42.7 Å². The first kappa shape index (κ1) is 19.5. The molecule has 1 heterocycles. The molecule has 6 nitrogen and oxygen atoms in total. The van der Waals surface area contributed by atoms with Gasteiger partial charge in [0.1, 0.15) is 5.75 Å². The molecule has 0 aliphatic heterocycles. The van der Waals surface area contributed by atoms with Crippen molar-refractivity contribution in [1.82, 2.24) is 20.2 Å². The Hall–Kier alpha value is -3.28. The van der Waals surface area contributed by atoms with E-state index in [0.29, 0.717) is 13.2 Å². The fourth-order valence-electron chi connectivity index (χ4n) is 3.01. The number of carbonyl (C=O) groups excluding carboxylic acids is 1. The van der Waals surface area contributed by atoms with Crippen LogP contribution in [0.2, 0.25) is 0 Å². The standard InChI is InChI=1S/C22H26N4O2/c1-3-28-21-10-6-9-18(13-21)17(2)25-22(27)24-14-19-7-4-5-8-20(19)15-26-12-11-23-16-26/h4-13,16-17H,3,14-15H2,1-2H3,(H2,24,25,27). The Morgan fingerprint density at radius 2 is 2.00 bits per heavy atom. The van der Waals surface area contributed by atoms with Gasteiger partial charge in [-0.3, -0.25) is 0 Å². The third kappa shape index (κ3) is 5.36. The fourth-order valence-corrected chi connectivity index (χ4v) is 3.01. The minimum Gasteiger partial charge on any atom is -0.494 e. The van der Waals surface area contributed by atoms with Crippen LogP contribution in [-0.2, 0) is 13.1 Å². The summed E-state index contributed by atoms with van der Waals surface area (Å²) in [7, 11) is 0. The van der Waals surface area contributed by atoms with Gasteiger partial charge in [-0.25, -0.2) is 9.78 Å². The number of hydrogen-bond acceptors (Lipinski definition) is 3. The van der Waals surface area contributed by atoms with E-state index in [0.717, 1.165) is 29.0 Å². The van der Waals surface area contributed by atoms with E-state index in [1.807, 2.05) is 67.1 Å². The maximum atomic E-state index is 12.4. The fraction of sp³-hybridized carbons (Fsp3) is 0.273. The summed E-state index contributed by atoms with van der Waals surface area (Å²) in [5.41, 5.74) is 3.23. The maximum absolute atomic E-state index is 12.4. The van der Waals surface area contributed by atoms with Crippen LogP contribution in [0.3, 0.4) is 0 Å². The van der Waals surface area contributed by atoms with Crippen LogP contribution in [-0.4, -0.2) is 22.2 Å². The molecule has 1 unspecified atom stereocenters. The largest absolute Gasteiger partial charge is 0.494 e. The molecule has 3 aromatic rings. The van der Waals surface area contributed by atoms with Gasteiger partial charge >= 0.3 is 6.03 Å². The van der Waals surface area contributed by atoms with Gasteiger partial charge in [-0.1, -0.05) is 36.4 Å². The lowest BCUT2D eigenvalue weighted by Gasteiger charge is -2.17. The van der Waals surface area contributed by atoms with Crippen LogP contribution in [0.4, 0.5) is 4.79 Å². The van der Waals surface area contributed by atoms with Crippen LogP contribution in [0.5, 0.6) is 5.75 Å². The highest BCUT2D eigenvalue weighted by atomic mass is 16.5. The van der Waals surface area contributed by atoms with E-state index >= 15 is 0 Å². The van der Waals surface area contributed by atoms with Gasteiger partial charge in [0.05, 0.1) is 19.0 Å². The van der Waals surface area contributed by atoms with E-state index < -0.39 is 0 Å². The van der Waals surface area contributed by atoms with Crippen molar-refractivity contribution >= 4 is 6.03 Å². The van der Waals surface area contributed by atoms with Crippen LogP contribution in [0.15, 0.2) is 67.3 Å². The quantitative estimate of drug-likeness (QED) is 0.625. The third-order valence-corrected chi connectivity index (χ3v) is 4.49. The second-order valence-corrected chi connectivity index (χ2v) is 6.56. The molecule has 0 saturated heterocycles. The summed E-state index contributed by atoms with van der Waals surface area (Å²) < 4.78 is 7.53. The molecule has 6 heteroatoms. The molecule has 2 N–H and O–H groups in total. The topological polar surface area (TPSA) is 68.2 Å². The Labute approximate surface area is 165 Å². The van der Waals surface area contributed by atoms with Crippen LogP contribution < -0.4 is 15.4 Å². The zero-order chi connectivity index (χ0) is 19.8. The van der Waals surface area contributed by atoms with Gasteiger partial charge in [0, 0.05) is 25.5 Å². The number of hydrogen-bond donors (Lipinski definition) is 2. The first-order chi connectivity index (χ1) is 13.7. The first-order valence-corrected chi connectivity index (χ1v) is 9.45. The van der Waals surface area contributed by atoms with Gasteiger partial charge in [-0.15, -0.1) is 0 Å². The molecule has 28 heavy (non-hydrogen) atoms. The molecule has 0 bridgehead atoms. The lowest BCUT2D eigenvalue weighted by Crippen LogP contribution is -2.36. The van der Waals surface area contributed by atoms with Gasteiger partial charge < -0.3 is 19.9 Å². The number of benzene rings is 2. The van der Waals surface area contributed by atoms with E-state index in [1.54, 1.807) is 12.5 Å². The van der Waals surface area contributed by atoms with E-state index in [-0.39, 0.29) is 12.1 Å². The molecule has 2 amide bonds. The zero-order valence-corrected chi connectivity index (χ0v) is 16.3. The highest BCUT2D eigenvalue weighted by molar-refractivity contribution is 5.74. The Morgan fingerprint density at radius 1 is 1.18 bits per heavy atom. The summed E-state index contributed by atoms with van der Waals surface area (Å²) in [6.45, 7) is 5.71. The number of rotatable bonds is 8. The van der Waals surface area contributed by atoms with Gasteiger partial charge in [0.25, 0.3) is 0 Å². The predicted molar refractivity (Wildman–Crippen MR) is 109 cm³/mol. The minimum absolute atomic E-state index is 0.124. The molecule has 2 aromatic carbocycles. The zero-order valence-electron chi connectivity index (χ0n) is 16.3. The van der Waals surface area contributed by atoms with Crippen molar-refractivity contribution in [2.75, 3.05) is 6.61 Å². The SMILES string of the molecule is CCOc1cccc(C(C)NC(=O)NCc2ccccc2Cn2ccnc2)c1. The molecule has 146 valence electrons. The molecular weight excluding hydrogens is 352 g/mol. The monoisotopic (exact) mass is 378 g/mol. The molecule has 0 radical (unpaired) electrons. The Bertz CT molecular complexity index is 893. The Morgan fingerprint density at radius 3 is 2.75 bits per heavy atom. The molecule has 1 atom stereocenters. The first-order valence-electron chi connectivity index (χ1n) is 9.45. The van der Waals surface area contributed by atoms with E-state index in [1.165, 1.54) is 0 Å². The van der Waals surface area contributed by atoms with Crippen LogP contribution in [0.1, 0.15) is 36.6 Å². The minimum atomic E-state index is -0.202. The summed E-state index contributed by atoms with van der Waals surface area (Å²) in [4.78, 5) is 16.4. The predicted octanol–water partition coefficient (Wildman–Crippen LogP) is 3.89. The molecule has 0 spiro atoms. The molecule has 0 aliphatic carbocycles.